The van der Waals surface area contributed by atoms with Gasteiger partial charge in [-0.25, -0.2) is 9.59 Å². The molecule has 0 unspecified atom stereocenters. The number of carboxylic acid groups (broad SMARTS) is 1. The molecule has 0 amide bonds. The fourth-order valence-corrected chi connectivity index (χ4v) is 5.54. The highest BCUT2D eigenvalue weighted by atomic mass is 16.5. The number of aliphatic carboxylic acids is 1. The highest BCUT2D eigenvalue weighted by Crippen LogP contribution is 2.15. The lowest BCUT2D eigenvalue weighted by atomic mass is 10.0. The molecule has 0 aromatic heterocycles. The van der Waals surface area contributed by atoms with Gasteiger partial charge in [0.1, 0.15) is 0 Å². The average Bonchev–Trinajstić information content (AvgIpc) is 2.98. The summed E-state index contributed by atoms with van der Waals surface area (Å²) in [7, 11) is 0. The van der Waals surface area contributed by atoms with E-state index in [0.717, 1.165) is 31.4 Å². The summed E-state index contributed by atoms with van der Waals surface area (Å²) in [6.45, 7) is 2.66. The van der Waals surface area contributed by atoms with Crippen molar-refractivity contribution in [1.82, 2.24) is 0 Å². The fraction of sp³-hybridized carbons (Fsp3) is 0.842. The lowest BCUT2D eigenvalue weighted by Crippen LogP contribution is -2.03. The quantitative estimate of drug-likeness (QED) is 0.0350. The number of ether oxygens (including phenoxy) is 1. The zero-order valence-electron chi connectivity index (χ0n) is 27.9. The molecule has 0 atom stereocenters. The Morgan fingerprint density at radius 2 is 0.762 bits per heavy atom. The SMILES string of the molecule is CCCCCCCCCCCCCCCCCCCCCCCC/C=C\CCCCCCCCOC(=O)/C=C\C(=O)O. The lowest BCUT2D eigenvalue weighted by molar-refractivity contribution is -0.138. The largest absolute Gasteiger partial charge is 0.478 e. The lowest BCUT2D eigenvalue weighted by Gasteiger charge is -2.04. The van der Waals surface area contributed by atoms with Crippen molar-refractivity contribution in [2.75, 3.05) is 6.61 Å². The van der Waals surface area contributed by atoms with E-state index in [1.807, 2.05) is 0 Å². The summed E-state index contributed by atoms with van der Waals surface area (Å²) >= 11 is 0. The molecule has 4 nitrogen and oxygen atoms in total. The minimum atomic E-state index is -1.14. The van der Waals surface area contributed by atoms with Crippen molar-refractivity contribution < 1.29 is 19.4 Å². The number of carboxylic acids is 1. The molecule has 0 aromatic rings. The number of hydrogen-bond donors (Lipinski definition) is 1. The van der Waals surface area contributed by atoms with Crippen LogP contribution in [0.5, 0.6) is 0 Å². The molecule has 0 saturated carbocycles. The van der Waals surface area contributed by atoms with Crippen molar-refractivity contribution in [3.8, 4) is 0 Å². The number of esters is 1. The Kier molecular flexibility index (Phi) is 34.3. The van der Waals surface area contributed by atoms with Crippen LogP contribution >= 0.6 is 0 Å². The number of unbranched alkanes of at least 4 members (excludes halogenated alkanes) is 28. The van der Waals surface area contributed by atoms with E-state index in [4.69, 9.17) is 9.84 Å². The molecule has 0 aliphatic heterocycles. The molecular weight excluding hydrogens is 520 g/mol. The van der Waals surface area contributed by atoms with Crippen molar-refractivity contribution in [2.24, 2.45) is 0 Å². The van der Waals surface area contributed by atoms with Gasteiger partial charge in [-0.05, 0) is 32.1 Å². The average molecular weight is 591 g/mol. The molecule has 0 bridgehead atoms. The molecule has 0 fully saturated rings. The summed E-state index contributed by atoms with van der Waals surface area (Å²) in [5.41, 5.74) is 0. The smallest absolute Gasteiger partial charge is 0.331 e. The number of carbonyl (C=O) groups is 2. The molecule has 4 heteroatoms. The molecule has 0 aromatic carbocycles. The maximum absolute atomic E-state index is 11.2. The van der Waals surface area contributed by atoms with Crippen molar-refractivity contribution in [3.05, 3.63) is 24.3 Å². The van der Waals surface area contributed by atoms with Gasteiger partial charge in [0.15, 0.2) is 0 Å². The van der Waals surface area contributed by atoms with Crippen molar-refractivity contribution in [1.29, 1.82) is 0 Å². The predicted octanol–water partition coefficient (Wildman–Crippen LogP) is 12.4. The van der Waals surface area contributed by atoms with Crippen LogP contribution in [0.3, 0.4) is 0 Å². The van der Waals surface area contributed by atoms with E-state index in [9.17, 15) is 9.59 Å². The first-order valence-corrected chi connectivity index (χ1v) is 18.4. The van der Waals surface area contributed by atoms with E-state index in [1.165, 1.54) is 173 Å². The van der Waals surface area contributed by atoms with Gasteiger partial charge in [0, 0.05) is 12.2 Å². The number of rotatable bonds is 34. The third-order valence-corrected chi connectivity index (χ3v) is 8.26. The van der Waals surface area contributed by atoms with Crippen molar-refractivity contribution in [3.63, 3.8) is 0 Å². The van der Waals surface area contributed by atoms with Gasteiger partial charge in [-0.3, -0.25) is 0 Å². The van der Waals surface area contributed by atoms with Crippen LogP contribution in [0.4, 0.5) is 0 Å². The standard InChI is InChI=1S/C38H70O4/c1-2-3-4-5-6-7-8-9-10-11-12-13-14-15-16-17-18-19-20-21-22-23-24-25-26-27-28-29-30-31-32-33-36-42-38(41)35-34-37(39)40/h25-26,34-35H,2-24,27-33,36H2,1H3,(H,39,40)/b26-25-,35-34-. The van der Waals surface area contributed by atoms with Crippen LogP contribution < -0.4 is 0 Å². The first-order chi connectivity index (χ1) is 20.7. The van der Waals surface area contributed by atoms with E-state index in [0.29, 0.717) is 6.61 Å². The van der Waals surface area contributed by atoms with Gasteiger partial charge in [0.25, 0.3) is 0 Å². The van der Waals surface area contributed by atoms with E-state index < -0.39 is 11.9 Å². The second-order valence-corrected chi connectivity index (χ2v) is 12.4. The summed E-state index contributed by atoms with van der Waals surface area (Å²) in [6, 6.07) is 0. The monoisotopic (exact) mass is 591 g/mol. The summed E-state index contributed by atoms with van der Waals surface area (Å²) in [6.07, 6.45) is 47.4. The zero-order chi connectivity index (χ0) is 30.6. The predicted molar refractivity (Wildman–Crippen MR) is 181 cm³/mol. The van der Waals surface area contributed by atoms with E-state index in [-0.39, 0.29) is 0 Å². The maximum Gasteiger partial charge on any atom is 0.331 e. The van der Waals surface area contributed by atoms with Crippen molar-refractivity contribution >= 4 is 11.9 Å². The first-order valence-electron chi connectivity index (χ1n) is 18.4. The Bertz CT molecular complexity index is 625. The van der Waals surface area contributed by atoms with Gasteiger partial charge >= 0.3 is 11.9 Å². The number of allylic oxidation sites excluding steroid dienone is 2. The van der Waals surface area contributed by atoms with Gasteiger partial charge in [0.05, 0.1) is 6.61 Å². The Balaban J connectivity index is 3.15. The highest BCUT2D eigenvalue weighted by Gasteiger charge is 1.99. The molecule has 42 heavy (non-hydrogen) atoms. The molecular formula is C38H70O4. The van der Waals surface area contributed by atoms with E-state index in [2.05, 4.69) is 19.1 Å². The zero-order valence-corrected chi connectivity index (χ0v) is 27.9. The molecule has 0 aliphatic carbocycles. The fourth-order valence-electron chi connectivity index (χ4n) is 5.54. The van der Waals surface area contributed by atoms with Crippen LogP contribution in [0.2, 0.25) is 0 Å². The van der Waals surface area contributed by atoms with Gasteiger partial charge in [-0.2, -0.15) is 0 Å². The Morgan fingerprint density at radius 1 is 0.452 bits per heavy atom. The van der Waals surface area contributed by atoms with Crippen LogP contribution in [0.15, 0.2) is 24.3 Å². The van der Waals surface area contributed by atoms with Crippen LogP contribution in [0, 0.1) is 0 Å². The highest BCUT2D eigenvalue weighted by molar-refractivity contribution is 5.90. The molecule has 1 N–H and O–H groups in total. The van der Waals surface area contributed by atoms with Crippen LogP contribution in [-0.4, -0.2) is 23.7 Å². The second-order valence-electron chi connectivity index (χ2n) is 12.4. The number of hydrogen-bond acceptors (Lipinski definition) is 3. The van der Waals surface area contributed by atoms with E-state index in [1.54, 1.807) is 0 Å². The maximum atomic E-state index is 11.2. The summed E-state index contributed by atoms with van der Waals surface area (Å²) in [4.78, 5) is 21.6. The molecule has 0 rings (SSSR count). The summed E-state index contributed by atoms with van der Waals surface area (Å²) in [5, 5.41) is 8.46. The van der Waals surface area contributed by atoms with E-state index >= 15 is 0 Å². The summed E-state index contributed by atoms with van der Waals surface area (Å²) in [5.74, 6) is -1.71. The first kappa shape index (κ1) is 40.4. The molecule has 0 radical (unpaired) electrons. The van der Waals surface area contributed by atoms with Gasteiger partial charge in [0.2, 0.25) is 0 Å². The topological polar surface area (TPSA) is 63.6 Å². The minimum Gasteiger partial charge on any atom is -0.478 e. The molecule has 0 saturated heterocycles. The van der Waals surface area contributed by atoms with Crippen LogP contribution in [0.1, 0.15) is 200 Å². The third-order valence-electron chi connectivity index (χ3n) is 8.26. The van der Waals surface area contributed by atoms with Gasteiger partial charge in [-0.1, -0.05) is 180 Å². The Labute approximate surface area is 261 Å². The normalized spacial score (nSPS) is 11.6. The molecule has 0 aliphatic rings. The second kappa shape index (κ2) is 35.6. The molecule has 0 spiro atoms. The van der Waals surface area contributed by atoms with Crippen LogP contribution in [0.25, 0.3) is 0 Å². The minimum absolute atomic E-state index is 0.366. The molecule has 0 heterocycles. The van der Waals surface area contributed by atoms with Crippen molar-refractivity contribution in [2.45, 2.75) is 200 Å². The van der Waals surface area contributed by atoms with Crippen LogP contribution in [-0.2, 0) is 14.3 Å². The third kappa shape index (κ3) is 36.4. The summed E-state index contributed by atoms with van der Waals surface area (Å²) < 4.78 is 4.96. The Morgan fingerprint density at radius 3 is 1.10 bits per heavy atom. The van der Waals surface area contributed by atoms with Gasteiger partial charge in [-0.15, -0.1) is 0 Å². The molecule has 246 valence electrons. The van der Waals surface area contributed by atoms with Gasteiger partial charge < -0.3 is 9.84 Å². The Hall–Kier alpha value is -1.58. The number of carbonyl (C=O) groups excluding carboxylic acids is 1.